The summed E-state index contributed by atoms with van der Waals surface area (Å²) in [6.45, 7) is 0. The molecule has 5 heteroatoms. The number of carbonyl (C=O) groups excluding carboxylic acids is 2. The number of fused-ring (bicyclic) bond motifs is 4. The van der Waals surface area contributed by atoms with Crippen molar-refractivity contribution in [1.29, 1.82) is 0 Å². The Hall–Kier alpha value is -3.99. The molecule has 0 saturated heterocycles. The zero-order valence-corrected chi connectivity index (χ0v) is 16.8. The van der Waals surface area contributed by atoms with Crippen LogP contribution in [0.4, 0.5) is 0 Å². The highest BCUT2D eigenvalue weighted by molar-refractivity contribution is 5.98. The molecule has 1 heterocycles. The second-order valence-electron chi connectivity index (χ2n) is 7.77. The lowest BCUT2D eigenvalue weighted by molar-refractivity contribution is -0.127. The number of primary amides is 1. The van der Waals surface area contributed by atoms with Crippen LogP contribution < -0.4 is 11.1 Å². The molecule has 0 fully saturated rings. The Balaban J connectivity index is 1.43. The quantitative estimate of drug-likeness (QED) is 0.530. The van der Waals surface area contributed by atoms with Gasteiger partial charge in [-0.25, -0.2) is 0 Å². The van der Waals surface area contributed by atoms with Crippen LogP contribution in [0.1, 0.15) is 22.7 Å². The zero-order valence-electron chi connectivity index (χ0n) is 16.8. The zero-order chi connectivity index (χ0) is 21.4. The van der Waals surface area contributed by atoms with Gasteiger partial charge in [0.2, 0.25) is 11.8 Å². The molecule has 0 spiro atoms. The monoisotopic (exact) mass is 407 g/mol. The number of hydrogen-bond donors (Lipinski definition) is 2. The molecule has 2 amide bonds. The van der Waals surface area contributed by atoms with Gasteiger partial charge in [0.25, 0.3) is 0 Å². The Morgan fingerprint density at radius 2 is 1.45 bits per heavy atom. The summed E-state index contributed by atoms with van der Waals surface area (Å²) in [5.74, 6) is -1.29. The van der Waals surface area contributed by atoms with Crippen molar-refractivity contribution >= 4 is 22.7 Å². The van der Waals surface area contributed by atoms with Gasteiger partial charge in [0.1, 0.15) is 6.04 Å². The van der Waals surface area contributed by atoms with Gasteiger partial charge in [-0.3, -0.25) is 14.6 Å². The Morgan fingerprint density at radius 3 is 2.13 bits per heavy atom. The molecule has 31 heavy (non-hydrogen) atoms. The average molecular weight is 407 g/mol. The molecule has 0 saturated carbocycles. The van der Waals surface area contributed by atoms with Crippen molar-refractivity contribution in [1.82, 2.24) is 10.3 Å². The summed E-state index contributed by atoms with van der Waals surface area (Å²) in [6.07, 6.45) is 0.238. The van der Waals surface area contributed by atoms with Gasteiger partial charge in [-0.1, -0.05) is 72.8 Å². The molecule has 0 unspecified atom stereocenters. The van der Waals surface area contributed by atoms with Crippen LogP contribution in [0.15, 0.2) is 84.9 Å². The normalized spacial score (nSPS) is 13.4. The smallest absolute Gasteiger partial charge is 0.240 e. The maximum Gasteiger partial charge on any atom is 0.240 e. The van der Waals surface area contributed by atoms with E-state index in [1.807, 2.05) is 84.9 Å². The molecular weight excluding hydrogens is 386 g/mol. The molecule has 4 aromatic rings. The van der Waals surface area contributed by atoms with E-state index in [2.05, 4.69) is 10.3 Å². The third kappa shape index (κ3) is 3.44. The number of pyridine rings is 1. The van der Waals surface area contributed by atoms with E-state index in [1.54, 1.807) is 0 Å². The second-order valence-corrected chi connectivity index (χ2v) is 7.77. The van der Waals surface area contributed by atoms with E-state index in [4.69, 9.17) is 5.73 Å². The first-order valence-corrected chi connectivity index (χ1v) is 10.2. The third-order valence-electron chi connectivity index (χ3n) is 5.83. The van der Waals surface area contributed by atoms with Gasteiger partial charge >= 0.3 is 0 Å². The van der Waals surface area contributed by atoms with E-state index in [-0.39, 0.29) is 12.3 Å². The summed E-state index contributed by atoms with van der Waals surface area (Å²) < 4.78 is 0. The minimum absolute atomic E-state index is 0.234. The second kappa shape index (κ2) is 7.69. The van der Waals surface area contributed by atoms with Gasteiger partial charge in [-0.15, -0.1) is 0 Å². The van der Waals surface area contributed by atoms with Crippen LogP contribution in [0.5, 0.6) is 0 Å². The van der Waals surface area contributed by atoms with Crippen LogP contribution in [-0.4, -0.2) is 22.8 Å². The van der Waals surface area contributed by atoms with E-state index in [9.17, 15) is 9.59 Å². The number of hydrogen-bond acceptors (Lipinski definition) is 3. The number of nitrogens with zero attached hydrogens (tertiary/aromatic N) is 1. The number of para-hydroxylation sites is 1. The van der Waals surface area contributed by atoms with Crippen LogP contribution in [0, 0.1) is 0 Å². The van der Waals surface area contributed by atoms with E-state index in [1.165, 1.54) is 0 Å². The summed E-state index contributed by atoms with van der Waals surface area (Å²) in [7, 11) is 0. The fourth-order valence-corrected chi connectivity index (χ4v) is 4.35. The lowest BCUT2D eigenvalue weighted by Gasteiger charge is -2.19. The Morgan fingerprint density at radius 1 is 0.839 bits per heavy atom. The minimum Gasteiger partial charge on any atom is -0.368 e. The third-order valence-corrected chi connectivity index (χ3v) is 5.83. The molecule has 0 bridgehead atoms. The van der Waals surface area contributed by atoms with Gasteiger partial charge in [-0.05, 0) is 34.4 Å². The molecule has 5 nitrogen and oxygen atoms in total. The first-order chi connectivity index (χ1) is 15.1. The molecular formula is C26H21N3O2. The highest BCUT2D eigenvalue weighted by atomic mass is 16.2. The van der Waals surface area contributed by atoms with Crippen molar-refractivity contribution in [3.63, 3.8) is 0 Å². The molecule has 0 aliphatic heterocycles. The van der Waals surface area contributed by atoms with Crippen LogP contribution in [0.3, 0.4) is 0 Å². The number of nitrogens with two attached hydrogens (primary N) is 1. The summed E-state index contributed by atoms with van der Waals surface area (Å²) in [4.78, 5) is 30.2. The van der Waals surface area contributed by atoms with Crippen LogP contribution in [-0.2, 0) is 16.0 Å². The number of carbonyl (C=O) groups is 2. The van der Waals surface area contributed by atoms with Gasteiger partial charge in [0, 0.05) is 17.5 Å². The molecule has 1 aliphatic carbocycles. The Labute approximate surface area is 179 Å². The van der Waals surface area contributed by atoms with Gasteiger partial charge in [-0.2, -0.15) is 0 Å². The highest BCUT2D eigenvalue weighted by Crippen LogP contribution is 2.44. The summed E-state index contributed by atoms with van der Waals surface area (Å²) in [6, 6.07) is 26.5. The number of benzene rings is 3. The molecule has 1 aliphatic rings. The van der Waals surface area contributed by atoms with Gasteiger partial charge < -0.3 is 11.1 Å². The predicted octanol–water partition coefficient (Wildman–Crippen LogP) is 3.56. The van der Waals surface area contributed by atoms with Crippen LogP contribution >= 0.6 is 0 Å². The number of aromatic nitrogens is 1. The van der Waals surface area contributed by atoms with Crippen LogP contribution in [0.2, 0.25) is 0 Å². The molecule has 152 valence electrons. The van der Waals surface area contributed by atoms with E-state index in [0.717, 1.165) is 33.2 Å². The van der Waals surface area contributed by atoms with Crippen molar-refractivity contribution in [2.45, 2.75) is 18.4 Å². The predicted molar refractivity (Wildman–Crippen MR) is 120 cm³/mol. The average Bonchev–Trinajstić information content (AvgIpc) is 3.13. The number of rotatable bonds is 5. The fourth-order valence-electron chi connectivity index (χ4n) is 4.35. The molecule has 3 N–H and O–H groups in total. The first kappa shape index (κ1) is 19.0. The van der Waals surface area contributed by atoms with E-state index in [0.29, 0.717) is 5.69 Å². The number of amides is 2. The fraction of sp³-hybridized carbons (Fsp3) is 0.115. The maximum atomic E-state index is 13.3. The molecule has 1 aromatic heterocycles. The standard InChI is InChI=1S/C26H21N3O2/c27-25(30)23(15-17-14-13-16-7-1-6-12-22(16)28-17)29-26(31)24-20-10-4-2-8-18(20)19-9-3-5-11-21(19)24/h1-14,23-24H,15H2,(H2,27,30)(H,29,31)/t23-/m0/s1. The minimum atomic E-state index is -0.846. The summed E-state index contributed by atoms with van der Waals surface area (Å²) >= 11 is 0. The van der Waals surface area contributed by atoms with Crippen LogP contribution in [0.25, 0.3) is 22.0 Å². The Bertz CT molecular complexity index is 1270. The van der Waals surface area contributed by atoms with E-state index >= 15 is 0 Å². The van der Waals surface area contributed by atoms with Gasteiger partial charge in [0.05, 0.1) is 11.4 Å². The van der Waals surface area contributed by atoms with Crippen molar-refractivity contribution in [3.8, 4) is 11.1 Å². The van der Waals surface area contributed by atoms with Crippen molar-refractivity contribution in [2.24, 2.45) is 5.73 Å². The largest absolute Gasteiger partial charge is 0.368 e. The van der Waals surface area contributed by atoms with Crippen molar-refractivity contribution in [3.05, 3.63) is 102 Å². The maximum absolute atomic E-state index is 13.3. The van der Waals surface area contributed by atoms with E-state index < -0.39 is 17.9 Å². The molecule has 0 radical (unpaired) electrons. The van der Waals surface area contributed by atoms with Crippen molar-refractivity contribution in [2.75, 3.05) is 0 Å². The lowest BCUT2D eigenvalue weighted by Crippen LogP contribution is -2.47. The first-order valence-electron chi connectivity index (χ1n) is 10.2. The topological polar surface area (TPSA) is 85.1 Å². The highest BCUT2D eigenvalue weighted by Gasteiger charge is 2.35. The summed E-state index contributed by atoms with van der Waals surface area (Å²) in [5, 5.41) is 3.90. The molecule has 1 atom stereocenters. The van der Waals surface area contributed by atoms with Crippen molar-refractivity contribution < 1.29 is 9.59 Å². The SMILES string of the molecule is NC(=O)[C@H](Cc1ccc2ccccc2n1)NC(=O)C1c2ccccc2-c2ccccc21. The van der Waals surface area contributed by atoms with Gasteiger partial charge in [0.15, 0.2) is 0 Å². The lowest BCUT2D eigenvalue weighted by atomic mass is 9.95. The molecule has 3 aromatic carbocycles. The molecule has 5 rings (SSSR count). The Kier molecular flexibility index (Phi) is 4.71. The number of nitrogens with one attached hydrogen (secondary N) is 1. The summed E-state index contributed by atoms with van der Waals surface area (Å²) in [5.41, 5.74) is 11.2.